The molecule has 0 radical (unpaired) electrons. The zero-order chi connectivity index (χ0) is 28.2. The van der Waals surface area contributed by atoms with Gasteiger partial charge in [-0.2, -0.15) is 8.78 Å². The van der Waals surface area contributed by atoms with Crippen molar-refractivity contribution in [2.75, 3.05) is 0 Å². The molecule has 0 bridgehead atoms. The molecule has 200 valence electrons. The van der Waals surface area contributed by atoms with Crippen molar-refractivity contribution in [1.82, 2.24) is 4.98 Å². The van der Waals surface area contributed by atoms with Crippen molar-refractivity contribution >= 4 is 32.3 Å². The van der Waals surface area contributed by atoms with Gasteiger partial charge in [-0.1, -0.05) is 42.0 Å². The smallest absolute Gasteiger partial charge is 0.429 e. The lowest BCUT2D eigenvalue weighted by Gasteiger charge is -2.19. The molecule has 0 amide bonds. The normalized spacial score (nSPS) is 11.9. The maximum absolute atomic E-state index is 15.1. The Morgan fingerprint density at radius 3 is 2.08 bits per heavy atom. The zero-order valence-electron chi connectivity index (χ0n) is 20.6. The van der Waals surface area contributed by atoms with Gasteiger partial charge in [0.1, 0.15) is 16.6 Å². The molecule has 0 spiro atoms. The van der Waals surface area contributed by atoms with Gasteiger partial charge in [-0.3, -0.25) is 0 Å². The molecule has 0 aliphatic carbocycles. The third kappa shape index (κ3) is 4.77. The van der Waals surface area contributed by atoms with E-state index in [0.29, 0.717) is 21.3 Å². The van der Waals surface area contributed by atoms with Gasteiger partial charge in [-0.25, -0.2) is 22.5 Å². The third-order valence-electron chi connectivity index (χ3n) is 6.45. The highest BCUT2D eigenvalue weighted by Gasteiger charge is 2.38. The van der Waals surface area contributed by atoms with Crippen molar-refractivity contribution in [3.05, 3.63) is 119 Å². The molecule has 0 atom stereocenters. The molecule has 0 aliphatic rings. The summed E-state index contributed by atoms with van der Waals surface area (Å²) >= 11 is 0.948. The zero-order valence-corrected chi connectivity index (χ0v) is 21.4. The van der Waals surface area contributed by atoms with Gasteiger partial charge in [0.2, 0.25) is 0 Å². The van der Waals surface area contributed by atoms with Crippen LogP contribution < -0.4 is 4.74 Å². The lowest BCUT2D eigenvalue weighted by atomic mass is 9.99. The number of halogens is 6. The van der Waals surface area contributed by atoms with E-state index in [1.54, 1.807) is 6.07 Å². The SMILES string of the molecule is Cc1ccc2cc(-c3ccc(C(F)(F)Oc4ccc5nc(-c6cc(F)c(F)c(F)c6)sc5c4)c(F)c3)ccc2c1. The Kier molecular flexibility index (Phi) is 6.26. The summed E-state index contributed by atoms with van der Waals surface area (Å²) in [4.78, 5) is 4.23. The lowest BCUT2D eigenvalue weighted by molar-refractivity contribution is -0.187. The first-order valence-electron chi connectivity index (χ1n) is 12.0. The van der Waals surface area contributed by atoms with E-state index in [4.69, 9.17) is 4.74 Å². The summed E-state index contributed by atoms with van der Waals surface area (Å²) < 4.78 is 91.0. The van der Waals surface area contributed by atoms with Gasteiger partial charge in [0.05, 0.1) is 15.8 Å². The second-order valence-corrected chi connectivity index (χ2v) is 10.3. The van der Waals surface area contributed by atoms with Crippen LogP contribution in [0.15, 0.2) is 84.9 Å². The fourth-order valence-electron chi connectivity index (χ4n) is 4.45. The predicted molar refractivity (Wildman–Crippen MR) is 144 cm³/mol. The summed E-state index contributed by atoms with van der Waals surface area (Å²) in [5, 5.41) is 2.11. The van der Waals surface area contributed by atoms with E-state index < -0.39 is 34.9 Å². The van der Waals surface area contributed by atoms with Crippen LogP contribution in [0, 0.1) is 30.2 Å². The van der Waals surface area contributed by atoms with Crippen molar-refractivity contribution < 1.29 is 31.1 Å². The number of alkyl halides is 2. The topological polar surface area (TPSA) is 22.1 Å². The first-order chi connectivity index (χ1) is 19.1. The van der Waals surface area contributed by atoms with Crippen LogP contribution in [0.4, 0.5) is 26.3 Å². The third-order valence-corrected chi connectivity index (χ3v) is 7.52. The van der Waals surface area contributed by atoms with E-state index in [1.807, 2.05) is 37.3 Å². The van der Waals surface area contributed by atoms with Crippen molar-refractivity contribution in [3.63, 3.8) is 0 Å². The number of aryl methyl sites for hydroxylation is 1. The second-order valence-electron chi connectivity index (χ2n) is 9.28. The van der Waals surface area contributed by atoms with E-state index >= 15 is 8.78 Å². The molecule has 9 heteroatoms. The maximum Gasteiger partial charge on any atom is 0.429 e. The minimum Gasteiger partial charge on any atom is -0.429 e. The summed E-state index contributed by atoms with van der Waals surface area (Å²) in [6.45, 7) is 1.98. The summed E-state index contributed by atoms with van der Waals surface area (Å²) in [7, 11) is 0. The molecule has 0 unspecified atom stereocenters. The number of fused-ring (bicyclic) bond motifs is 2. The van der Waals surface area contributed by atoms with Crippen LogP contribution >= 0.6 is 11.3 Å². The van der Waals surface area contributed by atoms with Gasteiger partial charge in [-0.05, 0) is 77.4 Å². The van der Waals surface area contributed by atoms with E-state index in [1.165, 1.54) is 24.3 Å². The monoisotopic (exact) mass is 565 g/mol. The van der Waals surface area contributed by atoms with Crippen molar-refractivity contribution in [2.24, 2.45) is 0 Å². The van der Waals surface area contributed by atoms with Crippen LogP contribution in [0.1, 0.15) is 11.1 Å². The molecule has 0 saturated carbocycles. The van der Waals surface area contributed by atoms with Crippen LogP contribution in [-0.4, -0.2) is 4.98 Å². The molecule has 5 aromatic carbocycles. The quantitative estimate of drug-likeness (QED) is 0.153. The fourth-order valence-corrected chi connectivity index (χ4v) is 5.43. The van der Waals surface area contributed by atoms with E-state index in [9.17, 15) is 17.6 Å². The number of aromatic nitrogens is 1. The van der Waals surface area contributed by atoms with Crippen molar-refractivity contribution in [2.45, 2.75) is 13.0 Å². The molecule has 1 aromatic heterocycles. The summed E-state index contributed by atoms with van der Waals surface area (Å²) in [6.07, 6.45) is -4.01. The van der Waals surface area contributed by atoms with Crippen LogP contribution in [0.3, 0.4) is 0 Å². The molecule has 0 aliphatic heterocycles. The molecule has 6 aromatic rings. The highest BCUT2D eigenvalue weighted by atomic mass is 32.1. The van der Waals surface area contributed by atoms with E-state index in [-0.39, 0.29) is 16.3 Å². The van der Waals surface area contributed by atoms with Crippen LogP contribution in [0.25, 0.3) is 42.7 Å². The Bertz CT molecular complexity index is 1910. The largest absolute Gasteiger partial charge is 0.429 e. The Balaban J connectivity index is 1.27. The number of hydrogen-bond donors (Lipinski definition) is 0. The second kappa shape index (κ2) is 9.67. The minimum atomic E-state index is -4.01. The first kappa shape index (κ1) is 25.9. The molecule has 2 nitrogen and oxygen atoms in total. The Labute approximate surface area is 228 Å². The van der Waals surface area contributed by atoms with E-state index in [0.717, 1.165) is 51.9 Å². The van der Waals surface area contributed by atoms with Gasteiger partial charge in [0.25, 0.3) is 0 Å². The molecular weight excluding hydrogens is 548 g/mol. The molecule has 40 heavy (non-hydrogen) atoms. The summed E-state index contributed by atoms with van der Waals surface area (Å²) in [5.74, 6) is -5.75. The van der Waals surface area contributed by atoms with Gasteiger partial charge < -0.3 is 4.74 Å². The number of rotatable bonds is 5. The van der Waals surface area contributed by atoms with E-state index in [2.05, 4.69) is 4.98 Å². The lowest BCUT2D eigenvalue weighted by Crippen LogP contribution is -2.23. The molecule has 0 N–H and O–H groups in total. The Hall–Kier alpha value is -4.37. The number of benzene rings is 5. The van der Waals surface area contributed by atoms with Gasteiger partial charge in [0.15, 0.2) is 17.5 Å². The van der Waals surface area contributed by atoms with Crippen LogP contribution in [0.5, 0.6) is 5.75 Å². The fraction of sp³-hybridized carbons (Fsp3) is 0.0645. The van der Waals surface area contributed by atoms with Crippen molar-refractivity contribution in [3.8, 4) is 27.4 Å². The minimum absolute atomic E-state index is 0.00548. The highest BCUT2D eigenvalue weighted by Crippen LogP contribution is 2.38. The maximum atomic E-state index is 15.1. The van der Waals surface area contributed by atoms with Crippen LogP contribution in [-0.2, 0) is 6.11 Å². The average Bonchev–Trinajstić information content (AvgIpc) is 3.34. The average molecular weight is 566 g/mol. The summed E-state index contributed by atoms with van der Waals surface area (Å²) in [5.41, 5.74) is 1.63. The Morgan fingerprint density at radius 2 is 1.32 bits per heavy atom. The number of hydrogen-bond acceptors (Lipinski definition) is 3. The molecule has 0 fully saturated rings. The summed E-state index contributed by atoms with van der Waals surface area (Å²) in [6, 6.07) is 20.4. The number of thiazole rings is 1. The van der Waals surface area contributed by atoms with Crippen LogP contribution in [0.2, 0.25) is 0 Å². The molecular formula is C31H17F6NOS. The molecule has 1 heterocycles. The number of ether oxygens (including phenoxy) is 1. The first-order valence-corrected chi connectivity index (χ1v) is 12.8. The van der Waals surface area contributed by atoms with Gasteiger partial charge >= 0.3 is 6.11 Å². The Morgan fingerprint density at radius 1 is 0.675 bits per heavy atom. The standard InChI is InChI=1S/C31H17F6NOS/c1-16-2-3-18-11-19(5-4-17(18)10-16)20-6-8-23(24(32)12-20)31(36,37)39-22-7-9-27-28(15-22)40-30(38-27)21-13-25(33)29(35)26(34)14-21/h2-15H,1H3. The molecule has 0 saturated heterocycles. The van der Waals surface area contributed by atoms with Gasteiger partial charge in [-0.15, -0.1) is 11.3 Å². The number of nitrogens with zero attached hydrogens (tertiary/aromatic N) is 1. The molecule has 6 rings (SSSR count). The van der Waals surface area contributed by atoms with Crippen molar-refractivity contribution in [1.29, 1.82) is 0 Å². The van der Waals surface area contributed by atoms with Gasteiger partial charge in [0, 0.05) is 5.56 Å². The predicted octanol–water partition coefficient (Wildman–Crippen LogP) is 9.78. The highest BCUT2D eigenvalue weighted by molar-refractivity contribution is 7.21.